The van der Waals surface area contributed by atoms with Gasteiger partial charge in [-0.05, 0) is 12.1 Å². The van der Waals surface area contributed by atoms with Gasteiger partial charge in [0.25, 0.3) is 0 Å². The Labute approximate surface area is 115 Å². The minimum absolute atomic E-state index is 0.742. The maximum atomic E-state index is 4.49. The summed E-state index contributed by atoms with van der Waals surface area (Å²) in [6.07, 6.45) is 3.58. The van der Waals surface area contributed by atoms with Crippen LogP contribution in [0.4, 0.5) is 0 Å². The summed E-state index contributed by atoms with van der Waals surface area (Å²) in [5.41, 5.74) is 1.03. The second-order valence-corrected chi connectivity index (χ2v) is 4.99. The average molecular weight is 268 g/mol. The Morgan fingerprint density at radius 3 is 2.58 bits per heavy atom. The predicted octanol–water partition coefficient (Wildman–Crippen LogP) is 3.16. The number of pyridine rings is 1. The summed E-state index contributed by atoms with van der Waals surface area (Å²) in [7, 11) is 0. The molecule has 0 atom stereocenters. The Kier molecular flexibility index (Phi) is 3.56. The molecule has 2 aromatic heterocycles. The van der Waals surface area contributed by atoms with Gasteiger partial charge >= 0.3 is 0 Å². The maximum Gasteiger partial charge on any atom is 0.181 e. The number of hydrogen-bond donors (Lipinski definition) is 1. The van der Waals surface area contributed by atoms with E-state index in [9.17, 15) is 0 Å². The van der Waals surface area contributed by atoms with E-state index in [4.69, 9.17) is 0 Å². The van der Waals surface area contributed by atoms with Gasteiger partial charge in [0.1, 0.15) is 5.82 Å². The van der Waals surface area contributed by atoms with Crippen LogP contribution in [0.15, 0.2) is 59.8 Å². The fourth-order valence-electron chi connectivity index (χ4n) is 1.66. The van der Waals surface area contributed by atoms with E-state index in [0.29, 0.717) is 0 Å². The number of H-pyrrole nitrogens is 1. The molecule has 1 aromatic carbocycles. The van der Waals surface area contributed by atoms with Crippen LogP contribution in [0.2, 0.25) is 0 Å². The molecule has 0 fully saturated rings. The molecule has 5 heteroatoms. The minimum atomic E-state index is 0.742. The number of nitrogens with one attached hydrogen (secondary N) is 1. The zero-order valence-corrected chi connectivity index (χ0v) is 11.0. The molecule has 0 radical (unpaired) electrons. The molecule has 0 aliphatic rings. The van der Waals surface area contributed by atoms with Gasteiger partial charge in [-0.15, -0.1) is 11.8 Å². The lowest BCUT2D eigenvalue weighted by molar-refractivity contribution is 1.03. The summed E-state index contributed by atoms with van der Waals surface area (Å²) in [6, 6.07) is 13.9. The third-order valence-corrected chi connectivity index (χ3v) is 3.61. The van der Waals surface area contributed by atoms with Crippen molar-refractivity contribution in [1.82, 2.24) is 20.2 Å². The zero-order chi connectivity index (χ0) is 12.9. The van der Waals surface area contributed by atoms with E-state index in [1.807, 2.05) is 42.5 Å². The monoisotopic (exact) mass is 268 g/mol. The fourth-order valence-corrected chi connectivity index (χ4v) is 2.41. The number of rotatable bonds is 4. The molecule has 1 N–H and O–H groups in total. The van der Waals surface area contributed by atoms with Gasteiger partial charge in [-0.25, -0.2) is 4.98 Å². The zero-order valence-electron chi connectivity index (χ0n) is 10.2. The number of benzene rings is 1. The topological polar surface area (TPSA) is 54.5 Å². The number of thioether (sulfide) groups is 1. The van der Waals surface area contributed by atoms with Crippen molar-refractivity contribution in [3.05, 3.63) is 60.7 Å². The van der Waals surface area contributed by atoms with Gasteiger partial charge in [-0.1, -0.05) is 30.3 Å². The Hall–Kier alpha value is -2.14. The molecule has 0 aliphatic heterocycles. The summed E-state index contributed by atoms with van der Waals surface area (Å²) in [6.45, 7) is 0. The quantitative estimate of drug-likeness (QED) is 0.738. The van der Waals surface area contributed by atoms with Crippen molar-refractivity contribution in [1.29, 1.82) is 0 Å². The van der Waals surface area contributed by atoms with Gasteiger partial charge in [0, 0.05) is 22.9 Å². The van der Waals surface area contributed by atoms with Crippen LogP contribution in [-0.4, -0.2) is 20.2 Å². The van der Waals surface area contributed by atoms with Crippen LogP contribution >= 0.6 is 11.8 Å². The Balaban J connectivity index is 1.69. The van der Waals surface area contributed by atoms with Crippen molar-refractivity contribution in [3.8, 4) is 11.4 Å². The molecule has 0 saturated heterocycles. The molecule has 19 heavy (non-hydrogen) atoms. The van der Waals surface area contributed by atoms with Crippen molar-refractivity contribution in [2.45, 2.75) is 10.6 Å². The van der Waals surface area contributed by atoms with E-state index in [2.05, 4.69) is 20.2 Å². The highest BCUT2D eigenvalue weighted by Gasteiger charge is 2.05. The molecular formula is C14H12N4S. The lowest BCUT2D eigenvalue weighted by Gasteiger charge is -1.97. The van der Waals surface area contributed by atoms with E-state index >= 15 is 0 Å². The normalized spacial score (nSPS) is 10.5. The van der Waals surface area contributed by atoms with Crippen LogP contribution in [0.1, 0.15) is 5.82 Å². The molecule has 4 nitrogen and oxygen atoms in total. The third kappa shape index (κ3) is 3.00. The van der Waals surface area contributed by atoms with Crippen molar-refractivity contribution in [2.24, 2.45) is 0 Å². The number of hydrogen-bond acceptors (Lipinski definition) is 4. The summed E-state index contributed by atoms with van der Waals surface area (Å²) >= 11 is 1.71. The average Bonchev–Trinajstić information content (AvgIpc) is 2.96. The third-order valence-electron chi connectivity index (χ3n) is 2.59. The van der Waals surface area contributed by atoms with Crippen molar-refractivity contribution in [3.63, 3.8) is 0 Å². The first-order valence-corrected chi connectivity index (χ1v) is 6.90. The number of nitrogens with zero attached hydrogens (tertiary/aromatic N) is 3. The molecule has 0 aliphatic carbocycles. The van der Waals surface area contributed by atoms with E-state index in [1.54, 1.807) is 24.2 Å². The predicted molar refractivity (Wildman–Crippen MR) is 75.6 cm³/mol. The largest absolute Gasteiger partial charge is 0.265 e. The molecule has 3 rings (SSSR count). The minimum Gasteiger partial charge on any atom is -0.265 e. The van der Waals surface area contributed by atoms with Gasteiger partial charge in [-0.3, -0.25) is 10.1 Å². The van der Waals surface area contributed by atoms with Crippen LogP contribution in [0.25, 0.3) is 11.4 Å². The number of aromatic amines is 1. The molecule has 0 saturated carbocycles. The van der Waals surface area contributed by atoms with Crippen molar-refractivity contribution in [2.75, 3.05) is 0 Å². The Morgan fingerprint density at radius 2 is 1.79 bits per heavy atom. The Morgan fingerprint density at radius 1 is 1.00 bits per heavy atom. The van der Waals surface area contributed by atoms with Crippen molar-refractivity contribution < 1.29 is 0 Å². The first kappa shape index (κ1) is 11.9. The molecule has 94 valence electrons. The van der Waals surface area contributed by atoms with Crippen molar-refractivity contribution >= 4 is 11.8 Å². The van der Waals surface area contributed by atoms with Crippen LogP contribution in [0, 0.1) is 0 Å². The molecule has 0 bridgehead atoms. The van der Waals surface area contributed by atoms with E-state index in [0.717, 1.165) is 23.0 Å². The summed E-state index contributed by atoms with van der Waals surface area (Å²) in [5.74, 6) is 2.38. The highest BCUT2D eigenvalue weighted by atomic mass is 32.2. The molecule has 0 amide bonds. The van der Waals surface area contributed by atoms with Gasteiger partial charge in [0.05, 0.1) is 5.75 Å². The molecule has 2 heterocycles. The van der Waals surface area contributed by atoms with E-state index < -0.39 is 0 Å². The van der Waals surface area contributed by atoms with Gasteiger partial charge < -0.3 is 0 Å². The molecule has 0 unspecified atom stereocenters. The summed E-state index contributed by atoms with van der Waals surface area (Å²) < 4.78 is 0. The summed E-state index contributed by atoms with van der Waals surface area (Å²) in [4.78, 5) is 9.66. The smallest absolute Gasteiger partial charge is 0.181 e. The molecule has 3 aromatic rings. The SMILES string of the molecule is c1ccc(-c2n[nH]c(CSc3ccncc3)n2)cc1. The highest BCUT2D eigenvalue weighted by molar-refractivity contribution is 7.98. The molecule has 0 spiro atoms. The van der Waals surface area contributed by atoms with Gasteiger partial charge in [-0.2, -0.15) is 5.10 Å². The molecular weight excluding hydrogens is 256 g/mol. The van der Waals surface area contributed by atoms with Crippen LogP contribution in [0.5, 0.6) is 0 Å². The summed E-state index contributed by atoms with van der Waals surface area (Å²) in [5, 5.41) is 7.21. The van der Waals surface area contributed by atoms with Gasteiger partial charge in [0.2, 0.25) is 0 Å². The fraction of sp³-hybridized carbons (Fsp3) is 0.0714. The maximum absolute atomic E-state index is 4.49. The van der Waals surface area contributed by atoms with Gasteiger partial charge in [0.15, 0.2) is 5.82 Å². The van der Waals surface area contributed by atoms with E-state index in [-0.39, 0.29) is 0 Å². The second-order valence-electron chi connectivity index (χ2n) is 3.94. The number of aromatic nitrogens is 4. The van der Waals surface area contributed by atoms with Crippen LogP contribution in [0.3, 0.4) is 0 Å². The first-order chi connectivity index (χ1) is 9.42. The first-order valence-electron chi connectivity index (χ1n) is 5.91. The van der Waals surface area contributed by atoms with E-state index in [1.165, 1.54) is 4.90 Å². The Bertz CT molecular complexity index is 637. The highest BCUT2D eigenvalue weighted by Crippen LogP contribution is 2.21. The van der Waals surface area contributed by atoms with Crippen LogP contribution < -0.4 is 0 Å². The lowest BCUT2D eigenvalue weighted by Crippen LogP contribution is -1.84. The second kappa shape index (κ2) is 5.67. The van der Waals surface area contributed by atoms with Crippen LogP contribution in [-0.2, 0) is 5.75 Å². The standard InChI is InChI=1S/C14H12N4S/c1-2-4-11(5-3-1)14-16-13(17-18-14)10-19-12-6-8-15-9-7-12/h1-9H,10H2,(H,16,17,18). The lowest BCUT2D eigenvalue weighted by atomic mass is 10.2.